The highest BCUT2D eigenvalue weighted by molar-refractivity contribution is 5.87. The van der Waals surface area contributed by atoms with Crippen molar-refractivity contribution < 1.29 is 19.7 Å². The van der Waals surface area contributed by atoms with Crippen LogP contribution in [0, 0.1) is 0 Å². The molecule has 8 heteroatoms. The van der Waals surface area contributed by atoms with Crippen LogP contribution in [0.3, 0.4) is 0 Å². The monoisotopic (exact) mass is 368 g/mol. The third-order valence-electron chi connectivity index (χ3n) is 3.57. The van der Waals surface area contributed by atoms with E-state index in [0.29, 0.717) is 10.9 Å². The number of nitrogens with zero attached hydrogens (tertiary/aromatic N) is 3. The second-order valence-electron chi connectivity index (χ2n) is 6.87. The Bertz CT molecular complexity index is 1090. The van der Waals surface area contributed by atoms with Gasteiger partial charge in [-0.15, -0.1) is 0 Å². The topological polar surface area (TPSA) is 113 Å². The summed E-state index contributed by atoms with van der Waals surface area (Å²) in [6.07, 6.45) is 2.50. The molecule has 0 atom stereocenters. The molecule has 2 aromatic heterocycles. The van der Waals surface area contributed by atoms with Crippen molar-refractivity contribution in [2.75, 3.05) is 0 Å². The number of hydrogen-bond donors (Lipinski definition) is 3. The standard InChI is InChI=1S/C12H14N2O3.C7H6N2O/c1-12(2,3)17-11(16)14-7-8-9(13-14)5-4-6-10(8)15;10-7-3-1-2-6-5(7)4-8-9-6/h4-7,15H,1-3H3;1-4,10H,(H,8,9). The largest absolute Gasteiger partial charge is 0.507 e. The molecule has 0 aliphatic rings. The van der Waals surface area contributed by atoms with Crippen molar-refractivity contribution in [1.82, 2.24) is 20.0 Å². The minimum Gasteiger partial charge on any atom is -0.507 e. The van der Waals surface area contributed by atoms with Crippen LogP contribution in [0.2, 0.25) is 0 Å². The van der Waals surface area contributed by atoms with Crippen molar-refractivity contribution in [2.24, 2.45) is 0 Å². The second kappa shape index (κ2) is 6.99. The summed E-state index contributed by atoms with van der Waals surface area (Å²) in [6.45, 7) is 5.35. The van der Waals surface area contributed by atoms with Crippen LogP contribution in [0.5, 0.6) is 11.5 Å². The van der Waals surface area contributed by atoms with Crippen molar-refractivity contribution in [3.63, 3.8) is 0 Å². The summed E-state index contributed by atoms with van der Waals surface area (Å²) in [5.41, 5.74) is 0.841. The van der Waals surface area contributed by atoms with E-state index in [1.165, 1.54) is 6.20 Å². The first-order valence-electron chi connectivity index (χ1n) is 8.26. The summed E-state index contributed by atoms with van der Waals surface area (Å²) in [5.74, 6) is 0.364. The average molecular weight is 368 g/mol. The fraction of sp³-hybridized carbons (Fsp3) is 0.211. The Hall–Kier alpha value is -3.55. The smallest absolute Gasteiger partial charge is 0.435 e. The second-order valence-corrected chi connectivity index (χ2v) is 6.87. The maximum absolute atomic E-state index is 11.7. The van der Waals surface area contributed by atoms with Crippen LogP contribution in [0.4, 0.5) is 4.79 Å². The van der Waals surface area contributed by atoms with Gasteiger partial charge in [0.2, 0.25) is 0 Å². The van der Waals surface area contributed by atoms with Crippen molar-refractivity contribution in [3.8, 4) is 11.5 Å². The number of benzene rings is 2. The third kappa shape index (κ3) is 4.17. The zero-order valence-corrected chi connectivity index (χ0v) is 15.2. The first kappa shape index (κ1) is 18.2. The first-order valence-corrected chi connectivity index (χ1v) is 8.26. The van der Waals surface area contributed by atoms with Crippen LogP contribution >= 0.6 is 0 Å². The zero-order chi connectivity index (χ0) is 19.6. The summed E-state index contributed by atoms with van der Waals surface area (Å²) in [6, 6.07) is 10.2. The third-order valence-corrected chi connectivity index (χ3v) is 3.57. The molecule has 3 N–H and O–H groups in total. The maximum Gasteiger partial charge on any atom is 0.435 e. The van der Waals surface area contributed by atoms with Gasteiger partial charge in [-0.2, -0.15) is 14.9 Å². The van der Waals surface area contributed by atoms with E-state index in [1.807, 2.05) is 6.07 Å². The number of carbonyl (C=O) groups excluding carboxylic acids is 1. The lowest BCUT2D eigenvalue weighted by Gasteiger charge is -2.18. The fourth-order valence-electron chi connectivity index (χ4n) is 2.38. The molecule has 0 amide bonds. The summed E-state index contributed by atoms with van der Waals surface area (Å²) in [4.78, 5) is 11.7. The normalized spacial score (nSPS) is 11.2. The number of hydrogen-bond acceptors (Lipinski definition) is 6. The molecule has 0 saturated heterocycles. The van der Waals surface area contributed by atoms with Gasteiger partial charge >= 0.3 is 6.09 Å². The van der Waals surface area contributed by atoms with Crippen LogP contribution in [-0.4, -0.2) is 41.9 Å². The number of phenols is 2. The van der Waals surface area contributed by atoms with E-state index in [4.69, 9.17) is 4.74 Å². The lowest BCUT2D eigenvalue weighted by atomic mass is 10.2. The molecule has 0 aliphatic heterocycles. The van der Waals surface area contributed by atoms with E-state index in [0.717, 1.165) is 15.6 Å². The Balaban J connectivity index is 0.000000177. The number of nitrogens with one attached hydrogen (secondary N) is 1. The van der Waals surface area contributed by atoms with Crippen molar-refractivity contribution in [2.45, 2.75) is 26.4 Å². The van der Waals surface area contributed by atoms with Crippen LogP contribution < -0.4 is 0 Å². The number of rotatable bonds is 0. The van der Waals surface area contributed by atoms with Gasteiger partial charge in [0.25, 0.3) is 0 Å². The predicted octanol–water partition coefficient (Wildman–Crippen LogP) is 3.79. The highest BCUT2D eigenvalue weighted by Crippen LogP contribution is 2.23. The number of aromatic hydroxyl groups is 2. The Morgan fingerprint density at radius 3 is 2.37 bits per heavy atom. The quantitative estimate of drug-likeness (QED) is 0.435. The average Bonchev–Trinajstić information content (AvgIpc) is 3.22. The lowest BCUT2D eigenvalue weighted by Crippen LogP contribution is -2.27. The molecule has 0 radical (unpaired) electrons. The molecule has 0 unspecified atom stereocenters. The SMILES string of the molecule is CC(C)(C)OC(=O)n1cc2c(O)cccc2n1.Oc1cccc2[nH]ncc12. The molecule has 2 aromatic carbocycles. The Morgan fingerprint density at radius 2 is 1.74 bits per heavy atom. The van der Waals surface area contributed by atoms with Gasteiger partial charge < -0.3 is 14.9 Å². The van der Waals surface area contributed by atoms with E-state index in [1.54, 1.807) is 57.3 Å². The summed E-state index contributed by atoms with van der Waals surface area (Å²) >= 11 is 0. The molecule has 0 fully saturated rings. The summed E-state index contributed by atoms with van der Waals surface area (Å²) in [7, 11) is 0. The maximum atomic E-state index is 11.7. The molecule has 140 valence electrons. The van der Waals surface area contributed by atoms with Crippen LogP contribution in [-0.2, 0) is 4.74 Å². The van der Waals surface area contributed by atoms with Gasteiger partial charge in [-0.3, -0.25) is 5.10 Å². The number of phenolic OH excluding ortho intramolecular Hbond substituents is 2. The molecular weight excluding hydrogens is 348 g/mol. The molecular formula is C19H20N4O4. The number of H-pyrrole nitrogens is 1. The summed E-state index contributed by atoms with van der Waals surface area (Å²) < 4.78 is 6.27. The van der Waals surface area contributed by atoms with Crippen LogP contribution in [0.25, 0.3) is 21.8 Å². The Morgan fingerprint density at radius 1 is 1.07 bits per heavy atom. The van der Waals surface area contributed by atoms with Gasteiger partial charge in [0.05, 0.1) is 28.0 Å². The van der Waals surface area contributed by atoms with Crippen molar-refractivity contribution in [3.05, 3.63) is 48.8 Å². The molecule has 0 aliphatic carbocycles. The van der Waals surface area contributed by atoms with Gasteiger partial charge in [-0.25, -0.2) is 4.79 Å². The molecule has 4 aromatic rings. The minimum absolute atomic E-state index is 0.0947. The van der Waals surface area contributed by atoms with Crippen LogP contribution in [0.15, 0.2) is 48.8 Å². The molecule has 4 rings (SSSR count). The van der Waals surface area contributed by atoms with E-state index in [2.05, 4.69) is 15.3 Å². The number of aromatic nitrogens is 4. The highest BCUT2D eigenvalue weighted by Gasteiger charge is 2.19. The van der Waals surface area contributed by atoms with E-state index < -0.39 is 11.7 Å². The Labute approximate surface area is 155 Å². The van der Waals surface area contributed by atoms with E-state index in [-0.39, 0.29) is 11.5 Å². The highest BCUT2D eigenvalue weighted by atomic mass is 16.6. The molecule has 0 bridgehead atoms. The molecule has 8 nitrogen and oxygen atoms in total. The minimum atomic E-state index is -0.572. The van der Waals surface area contributed by atoms with E-state index >= 15 is 0 Å². The number of fused-ring (bicyclic) bond motifs is 2. The summed E-state index contributed by atoms with van der Waals surface area (Å²) in [5, 5.41) is 30.7. The number of aromatic amines is 1. The van der Waals surface area contributed by atoms with Gasteiger partial charge in [-0.1, -0.05) is 12.1 Å². The van der Waals surface area contributed by atoms with Crippen molar-refractivity contribution in [1.29, 1.82) is 0 Å². The zero-order valence-electron chi connectivity index (χ0n) is 15.2. The molecule has 0 saturated carbocycles. The van der Waals surface area contributed by atoms with Gasteiger partial charge in [-0.05, 0) is 45.0 Å². The van der Waals surface area contributed by atoms with Crippen LogP contribution in [0.1, 0.15) is 20.8 Å². The number of ether oxygens (including phenoxy) is 1. The van der Waals surface area contributed by atoms with Crippen molar-refractivity contribution >= 4 is 27.9 Å². The van der Waals surface area contributed by atoms with Gasteiger partial charge in [0.1, 0.15) is 17.1 Å². The molecule has 2 heterocycles. The van der Waals surface area contributed by atoms with Gasteiger partial charge in [0, 0.05) is 6.20 Å². The molecule has 0 spiro atoms. The Kier molecular flexibility index (Phi) is 4.72. The lowest BCUT2D eigenvalue weighted by molar-refractivity contribution is 0.0516. The van der Waals surface area contributed by atoms with E-state index in [9.17, 15) is 15.0 Å². The first-order chi connectivity index (χ1) is 12.7. The number of carbonyl (C=O) groups is 1. The predicted molar refractivity (Wildman–Crippen MR) is 101 cm³/mol. The molecule has 27 heavy (non-hydrogen) atoms. The fourth-order valence-corrected chi connectivity index (χ4v) is 2.38. The van der Waals surface area contributed by atoms with Gasteiger partial charge in [0.15, 0.2) is 0 Å².